The Morgan fingerprint density at radius 2 is 1.87 bits per heavy atom. The van der Waals surface area contributed by atoms with E-state index in [0.717, 1.165) is 18.8 Å². The summed E-state index contributed by atoms with van der Waals surface area (Å²) < 4.78 is 0. The van der Waals surface area contributed by atoms with Crippen LogP contribution in [-0.2, 0) is 4.79 Å². The zero-order valence-electron chi connectivity index (χ0n) is 10.2. The summed E-state index contributed by atoms with van der Waals surface area (Å²) in [5.74, 6) is 1.13. The zero-order chi connectivity index (χ0) is 11.1. The van der Waals surface area contributed by atoms with Gasteiger partial charge in [-0.2, -0.15) is 0 Å². The Kier molecular flexibility index (Phi) is 5.74. The third-order valence-electron chi connectivity index (χ3n) is 3.39. The Morgan fingerprint density at radius 1 is 1.20 bits per heavy atom. The average molecular weight is 211 g/mol. The van der Waals surface area contributed by atoms with E-state index in [4.69, 9.17) is 0 Å². The fraction of sp³-hybridized carbons (Fsp3) is 0.923. The number of carbonyl (C=O) groups is 1. The monoisotopic (exact) mass is 211 g/mol. The first-order chi connectivity index (χ1) is 7.22. The fourth-order valence-electron chi connectivity index (χ4n) is 2.24. The van der Waals surface area contributed by atoms with Crippen molar-refractivity contribution in [3.63, 3.8) is 0 Å². The molecule has 15 heavy (non-hydrogen) atoms. The molecule has 1 rings (SSSR count). The molecule has 0 aromatic heterocycles. The minimum absolute atomic E-state index is 0.267. The Morgan fingerprint density at radius 3 is 2.47 bits per heavy atom. The standard InChI is InChI=1S/C13H25NO/c1-3-4-5-6-13(15)14-12-9-7-11(2)8-10-12/h11-12H,3-10H2,1-2H3,(H,14,15). The lowest BCUT2D eigenvalue weighted by atomic mass is 9.87. The maximum atomic E-state index is 11.6. The Bertz CT molecular complexity index is 183. The predicted molar refractivity (Wildman–Crippen MR) is 63.7 cm³/mol. The van der Waals surface area contributed by atoms with Gasteiger partial charge in [0.2, 0.25) is 5.91 Å². The lowest BCUT2D eigenvalue weighted by molar-refractivity contribution is -0.122. The molecule has 2 nitrogen and oxygen atoms in total. The van der Waals surface area contributed by atoms with Crippen LogP contribution in [0.3, 0.4) is 0 Å². The number of hydrogen-bond acceptors (Lipinski definition) is 1. The second-order valence-electron chi connectivity index (χ2n) is 4.98. The quantitative estimate of drug-likeness (QED) is 0.695. The third kappa shape index (κ3) is 5.19. The van der Waals surface area contributed by atoms with Crippen LogP contribution in [0.5, 0.6) is 0 Å². The molecule has 2 heteroatoms. The van der Waals surface area contributed by atoms with Crippen molar-refractivity contribution in [3.8, 4) is 0 Å². The molecule has 1 fully saturated rings. The van der Waals surface area contributed by atoms with Crippen LogP contribution in [0.25, 0.3) is 0 Å². The SMILES string of the molecule is CCCCCC(=O)NC1CCC(C)CC1. The van der Waals surface area contributed by atoms with Crippen molar-refractivity contribution >= 4 is 5.91 Å². The van der Waals surface area contributed by atoms with Crippen LogP contribution >= 0.6 is 0 Å². The number of rotatable bonds is 5. The number of carbonyl (C=O) groups excluding carboxylic acids is 1. The van der Waals surface area contributed by atoms with Gasteiger partial charge >= 0.3 is 0 Å². The maximum absolute atomic E-state index is 11.6. The summed E-state index contributed by atoms with van der Waals surface area (Å²) in [4.78, 5) is 11.6. The molecule has 0 aromatic carbocycles. The molecule has 0 atom stereocenters. The molecule has 1 aliphatic rings. The van der Waals surface area contributed by atoms with Crippen molar-refractivity contribution in [2.75, 3.05) is 0 Å². The second-order valence-corrected chi connectivity index (χ2v) is 4.98. The molecule has 88 valence electrons. The molecule has 0 aliphatic heterocycles. The second kappa shape index (κ2) is 6.86. The fourth-order valence-corrected chi connectivity index (χ4v) is 2.24. The van der Waals surface area contributed by atoms with E-state index in [-0.39, 0.29) is 5.91 Å². The highest BCUT2D eigenvalue weighted by Gasteiger charge is 2.19. The van der Waals surface area contributed by atoms with E-state index < -0.39 is 0 Å². The van der Waals surface area contributed by atoms with Crippen molar-refractivity contribution < 1.29 is 4.79 Å². The summed E-state index contributed by atoms with van der Waals surface area (Å²) in [5.41, 5.74) is 0. The van der Waals surface area contributed by atoms with E-state index >= 15 is 0 Å². The first-order valence-electron chi connectivity index (χ1n) is 6.51. The van der Waals surface area contributed by atoms with E-state index in [0.29, 0.717) is 6.04 Å². The summed E-state index contributed by atoms with van der Waals surface area (Å²) in [6.07, 6.45) is 9.05. The molecule has 0 saturated heterocycles. The van der Waals surface area contributed by atoms with Gasteiger partial charge < -0.3 is 5.32 Å². The van der Waals surface area contributed by atoms with Crippen molar-refractivity contribution in [2.24, 2.45) is 5.92 Å². The van der Waals surface area contributed by atoms with Gasteiger partial charge in [-0.25, -0.2) is 0 Å². The van der Waals surface area contributed by atoms with Gasteiger partial charge in [-0.1, -0.05) is 26.7 Å². The van der Waals surface area contributed by atoms with Crippen LogP contribution in [0.2, 0.25) is 0 Å². The van der Waals surface area contributed by atoms with Crippen LogP contribution in [0.1, 0.15) is 65.2 Å². The highest BCUT2D eigenvalue weighted by atomic mass is 16.1. The molecule has 1 amide bonds. The van der Waals surface area contributed by atoms with Crippen molar-refractivity contribution in [1.29, 1.82) is 0 Å². The van der Waals surface area contributed by atoms with Crippen LogP contribution in [-0.4, -0.2) is 11.9 Å². The van der Waals surface area contributed by atoms with Gasteiger partial charge in [0.1, 0.15) is 0 Å². The third-order valence-corrected chi connectivity index (χ3v) is 3.39. The van der Waals surface area contributed by atoms with E-state index in [2.05, 4.69) is 19.2 Å². The summed E-state index contributed by atoms with van der Waals surface area (Å²) in [5, 5.41) is 3.16. The molecule has 0 spiro atoms. The minimum Gasteiger partial charge on any atom is -0.353 e. The van der Waals surface area contributed by atoms with Gasteiger partial charge in [-0.05, 0) is 38.0 Å². The number of amides is 1. The van der Waals surface area contributed by atoms with Crippen LogP contribution < -0.4 is 5.32 Å². The summed E-state index contributed by atoms with van der Waals surface area (Å²) in [7, 11) is 0. The van der Waals surface area contributed by atoms with Crippen molar-refractivity contribution in [3.05, 3.63) is 0 Å². The molecule has 0 radical (unpaired) electrons. The summed E-state index contributed by atoms with van der Waals surface area (Å²) >= 11 is 0. The maximum Gasteiger partial charge on any atom is 0.220 e. The van der Waals surface area contributed by atoms with Crippen molar-refractivity contribution in [1.82, 2.24) is 5.32 Å². The van der Waals surface area contributed by atoms with Gasteiger partial charge in [0.25, 0.3) is 0 Å². The zero-order valence-corrected chi connectivity index (χ0v) is 10.2. The Labute approximate surface area is 93.8 Å². The number of hydrogen-bond donors (Lipinski definition) is 1. The molecule has 0 aromatic rings. The summed E-state index contributed by atoms with van der Waals surface area (Å²) in [6, 6.07) is 0.468. The van der Waals surface area contributed by atoms with Crippen molar-refractivity contribution in [2.45, 2.75) is 71.3 Å². The molecule has 1 aliphatic carbocycles. The van der Waals surface area contributed by atoms with Gasteiger partial charge in [-0.15, -0.1) is 0 Å². The molecule has 0 unspecified atom stereocenters. The van der Waals surface area contributed by atoms with Gasteiger partial charge in [0, 0.05) is 12.5 Å². The van der Waals surface area contributed by atoms with E-state index in [1.54, 1.807) is 0 Å². The summed E-state index contributed by atoms with van der Waals surface area (Å²) in [6.45, 7) is 4.47. The van der Waals surface area contributed by atoms with Gasteiger partial charge in [-0.3, -0.25) is 4.79 Å². The number of unbranched alkanes of at least 4 members (excludes halogenated alkanes) is 2. The van der Waals surface area contributed by atoms with E-state index in [1.807, 2.05) is 0 Å². The normalized spacial score (nSPS) is 26.3. The minimum atomic E-state index is 0.267. The lowest BCUT2D eigenvalue weighted by Gasteiger charge is -2.26. The average Bonchev–Trinajstić information content (AvgIpc) is 2.22. The van der Waals surface area contributed by atoms with E-state index in [9.17, 15) is 4.79 Å². The van der Waals surface area contributed by atoms with Gasteiger partial charge in [0.05, 0.1) is 0 Å². The largest absolute Gasteiger partial charge is 0.353 e. The Balaban J connectivity index is 2.09. The number of nitrogens with one attached hydrogen (secondary N) is 1. The molecular formula is C13H25NO. The first kappa shape index (κ1) is 12.5. The molecule has 0 bridgehead atoms. The van der Waals surface area contributed by atoms with E-state index in [1.165, 1.54) is 38.5 Å². The predicted octanol–water partition coefficient (Wildman–Crippen LogP) is 3.26. The highest BCUT2D eigenvalue weighted by molar-refractivity contribution is 5.76. The molecule has 1 saturated carbocycles. The van der Waals surface area contributed by atoms with Crippen LogP contribution in [0.4, 0.5) is 0 Å². The topological polar surface area (TPSA) is 29.1 Å². The van der Waals surface area contributed by atoms with Gasteiger partial charge in [0.15, 0.2) is 0 Å². The molecule has 0 heterocycles. The molecule has 1 N–H and O–H groups in total. The first-order valence-corrected chi connectivity index (χ1v) is 6.51. The molecular weight excluding hydrogens is 186 g/mol. The van der Waals surface area contributed by atoms with Crippen LogP contribution in [0, 0.1) is 5.92 Å². The Hall–Kier alpha value is -0.530. The smallest absolute Gasteiger partial charge is 0.220 e. The lowest BCUT2D eigenvalue weighted by Crippen LogP contribution is -2.37. The van der Waals surface area contributed by atoms with Crippen LogP contribution in [0.15, 0.2) is 0 Å². The highest BCUT2D eigenvalue weighted by Crippen LogP contribution is 2.23.